The van der Waals surface area contributed by atoms with E-state index in [1.54, 1.807) is 29.8 Å². The molecule has 29 heavy (non-hydrogen) atoms. The van der Waals surface area contributed by atoms with Crippen LogP contribution in [0.2, 0.25) is 0 Å². The molecule has 0 aliphatic rings. The Kier molecular flexibility index (Phi) is 5.09. The van der Waals surface area contributed by atoms with Gasteiger partial charge in [-0.05, 0) is 35.0 Å². The molecule has 0 spiro atoms. The largest absolute Gasteiger partial charge is 0.508 e. The van der Waals surface area contributed by atoms with E-state index in [1.165, 1.54) is 23.9 Å². The number of thioether (sulfide) groups is 1. The van der Waals surface area contributed by atoms with Crippen LogP contribution >= 0.6 is 11.8 Å². The molecule has 0 bridgehead atoms. The highest BCUT2D eigenvalue weighted by molar-refractivity contribution is 7.99. The van der Waals surface area contributed by atoms with Crippen molar-refractivity contribution in [2.45, 2.75) is 5.16 Å². The number of benzene rings is 3. The maximum absolute atomic E-state index is 12.2. The lowest BCUT2D eigenvalue weighted by atomic mass is 10.1. The number of anilines is 1. The Morgan fingerprint density at radius 2 is 1.79 bits per heavy atom. The summed E-state index contributed by atoms with van der Waals surface area (Å²) >= 11 is 1.24. The van der Waals surface area contributed by atoms with Crippen molar-refractivity contribution in [1.29, 1.82) is 0 Å². The third-order valence-electron chi connectivity index (χ3n) is 4.40. The van der Waals surface area contributed by atoms with Crippen molar-refractivity contribution >= 4 is 34.1 Å². The quantitative estimate of drug-likeness (QED) is 0.436. The van der Waals surface area contributed by atoms with Gasteiger partial charge < -0.3 is 20.1 Å². The fourth-order valence-corrected chi connectivity index (χ4v) is 3.70. The van der Waals surface area contributed by atoms with Crippen LogP contribution in [0.5, 0.6) is 11.5 Å². The zero-order valence-electron chi connectivity index (χ0n) is 15.5. The van der Waals surface area contributed by atoms with Gasteiger partial charge in [0.15, 0.2) is 11.0 Å². The number of hydrogen-bond donors (Lipinski definition) is 3. The van der Waals surface area contributed by atoms with Gasteiger partial charge >= 0.3 is 0 Å². The summed E-state index contributed by atoms with van der Waals surface area (Å²) in [6.07, 6.45) is 0. The Balaban J connectivity index is 1.50. The average molecular weight is 406 g/mol. The van der Waals surface area contributed by atoms with Gasteiger partial charge in [-0.2, -0.15) is 0 Å². The van der Waals surface area contributed by atoms with E-state index in [0.717, 1.165) is 10.8 Å². The van der Waals surface area contributed by atoms with Crippen molar-refractivity contribution in [1.82, 2.24) is 14.8 Å². The van der Waals surface area contributed by atoms with E-state index in [9.17, 15) is 15.0 Å². The summed E-state index contributed by atoms with van der Waals surface area (Å²) in [5.74, 6) is 0.634. The molecule has 0 saturated carbocycles. The van der Waals surface area contributed by atoms with E-state index in [0.29, 0.717) is 22.2 Å². The minimum absolute atomic E-state index is 0.0867. The number of carbonyl (C=O) groups excluding carboxylic acids is 1. The van der Waals surface area contributed by atoms with Crippen LogP contribution in [0.4, 0.5) is 5.69 Å². The SMILES string of the molecule is Cn1c(SCC(=O)Nc2cccc(O)c2)nnc1-c1cc2ccccc2cc1O. The first-order valence-corrected chi connectivity index (χ1v) is 9.83. The molecule has 0 fully saturated rings. The predicted octanol–water partition coefficient (Wildman–Crippen LogP) is 3.78. The molecule has 1 aromatic heterocycles. The molecule has 0 aliphatic heterocycles. The van der Waals surface area contributed by atoms with Gasteiger partial charge in [0, 0.05) is 18.8 Å². The number of amides is 1. The first-order chi connectivity index (χ1) is 14.0. The third-order valence-corrected chi connectivity index (χ3v) is 5.42. The number of fused-ring (bicyclic) bond motifs is 1. The van der Waals surface area contributed by atoms with Gasteiger partial charge in [0.05, 0.1) is 11.3 Å². The molecule has 0 saturated heterocycles. The van der Waals surface area contributed by atoms with E-state index >= 15 is 0 Å². The molecule has 7 nitrogen and oxygen atoms in total. The van der Waals surface area contributed by atoms with Crippen LogP contribution in [-0.4, -0.2) is 36.6 Å². The summed E-state index contributed by atoms with van der Waals surface area (Å²) in [6, 6.07) is 17.7. The number of aromatic nitrogens is 3. The average Bonchev–Trinajstić information content (AvgIpc) is 3.06. The Hall–Kier alpha value is -3.52. The number of aromatic hydroxyl groups is 2. The summed E-state index contributed by atoms with van der Waals surface area (Å²) in [4.78, 5) is 12.2. The Labute approximate surface area is 171 Å². The minimum Gasteiger partial charge on any atom is -0.508 e. The van der Waals surface area contributed by atoms with Gasteiger partial charge in [0.2, 0.25) is 5.91 Å². The number of hydrogen-bond acceptors (Lipinski definition) is 6. The summed E-state index contributed by atoms with van der Waals surface area (Å²) in [5.41, 5.74) is 1.10. The lowest BCUT2D eigenvalue weighted by Crippen LogP contribution is -2.14. The van der Waals surface area contributed by atoms with Gasteiger partial charge in [0.1, 0.15) is 11.5 Å². The Morgan fingerprint density at radius 1 is 1.03 bits per heavy atom. The molecular weight excluding hydrogens is 388 g/mol. The van der Waals surface area contributed by atoms with Crippen LogP contribution in [0.3, 0.4) is 0 Å². The van der Waals surface area contributed by atoms with Gasteiger partial charge in [0.25, 0.3) is 0 Å². The second-order valence-electron chi connectivity index (χ2n) is 6.47. The molecule has 8 heteroatoms. The maximum atomic E-state index is 12.2. The Morgan fingerprint density at radius 3 is 2.55 bits per heavy atom. The van der Waals surface area contributed by atoms with Crippen molar-refractivity contribution < 1.29 is 15.0 Å². The highest BCUT2D eigenvalue weighted by Gasteiger charge is 2.16. The van der Waals surface area contributed by atoms with E-state index in [2.05, 4.69) is 15.5 Å². The topological polar surface area (TPSA) is 100 Å². The van der Waals surface area contributed by atoms with Crippen molar-refractivity contribution in [2.24, 2.45) is 7.05 Å². The van der Waals surface area contributed by atoms with Crippen molar-refractivity contribution in [3.05, 3.63) is 60.7 Å². The zero-order valence-corrected chi connectivity index (χ0v) is 16.3. The number of nitrogens with one attached hydrogen (secondary N) is 1. The number of nitrogens with zero attached hydrogens (tertiary/aromatic N) is 3. The first-order valence-electron chi connectivity index (χ1n) is 8.84. The van der Waals surface area contributed by atoms with Crippen molar-refractivity contribution in [3.8, 4) is 22.9 Å². The molecule has 0 aliphatic carbocycles. The molecule has 0 radical (unpaired) electrons. The second-order valence-corrected chi connectivity index (χ2v) is 7.41. The lowest BCUT2D eigenvalue weighted by Gasteiger charge is -2.08. The van der Waals surface area contributed by atoms with E-state index < -0.39 is 0 Å². The van der Waals surface area contributed by atoms with Crippen molar-refractivity contribution in [3.63, 3.8) is 0 Å². The first kappa shape index (κ1) is 18.8. The maximum Gasteiger partial charge on any atom is 0.234 e. The summed E-state index contributed by atoms with van der Waals surface area (Å²) in [5, 5.41) is 33.4. The normalized spacial score (nSPS) is 10.9. The molecule has 146 valence electrons. The van der Waals surface area contributed by atoms with E-state index in [-0.39, 0.29) is 23.2 Å². The molecule has 1 heterocycles. The minimum atomic E-state index is -0.223. The zero-order chi connectivity index (χ0) is 20.4. The molecule has 1 amide bonds. The van der Waals surface area contributed by atoms with Crippen LogP contribution in [-0.2, 0) is 11.8 Å². The third kappa shape index (κ3) is 4.02. The summed E-state index contributed by atoms with van der Waals surface area (Å²) in [7, 11) is 1.79. The van der Waals surface area contributed by atoms with Gasteiger partial charge in [-0.1, -0.05) is 42.1 Å². The lowest BCUT2D eigenvalue weighted by molar-refractivity contribution is -0.113. The predicted molar refractivity (Wildman–Crippen MR) is 113 cm³/mol. The van der Waals surface area contributed by atoms with Crippen molar-refractivity contribution in [2.75, 3.05) is 11.1 Å². The van der Waals surface area contributed by atoms with E-state index in [1.807, 2.05) is 30.3 Å². The van der Waals surface area contributed by atoms with Crippen LogP contribution in [0.25, 0.3) is 22.2 Å². The highest BCUT2D eigenvalue weighted by Crippen LogP contribution is 2.33. The van der Waals surface area contributed by atoms with E-state index in [4.69, 9.17) is 0 Å². The van der Waals surface area contributed by atoms with Crippen LogP contribution < -0.4 is 5.32 Å². The molecule has 4 aromatic rings. The standard InChI is InChI=1S/C21H18N4O3S/c1-25-20(17-9-13-5-2-3-6-14(13)10-18(17)27)23-24-21(25)29-12-19(28)22-15-7-4-8-16(26)11-15/h2-11,26-27H,12H2,1H3,(H,22,28). The summed E-state index contributed by atoms with van der Waals surface area (Å²) < 4.78 is 1.75. The molecule has 0 unspecified atom stereocenters. The second kappa shape index (κ2) is 7.84. The molecule has 3 N–H and O–H groups in total. The smallest absolute Gasteiger partial charge is 0.234 e. The molecule has 3 aromatic carbocycles. The number of carbonyl (C=O) groups is 1. The van der Waals surface area contributed by atoms with Crippen LogP contribution in [0.1, 0.15) is 0 Å². The molecule has 4 rings (SSSR count). The van der Waals surface area contributed by atoms with Gasteiger partial charge in [-0.25, -0.2) is 0 Å². The molecule has 0 atom stereocenters. The summed E-state index contributed by atoms with van der Waals surface area (Å²) in [6.45, 7) is 0. The van der Waals surface area contributed by atoms with Crippen LogP contribution in [0.15, 0.2) is 65.8 Å². The Bertz CT molecular complexity index is 1210. The number of phenolic OH excluding ortho intramolecular Hbond substituents is 2. The fraction of sp³-hybridized carbons (Fsp3) is 0.0952. The fourth-order valence-electron chi connectivity index (χ4n) is 2.99. The van der Waals surface area contributed by atoms with Gasteiger partial charge in [-0.15, -0.1) is 10.2 Å². The van der Waals surface area contributed by atoms with Crippen LogP contribution in [0, 0.1) is 0 Å². The highest BCUT2D eigenvalue weighted by atomic mass is 32.2. The monoisotopic (exact) mass is 406 g/mol. The molecular formula is C21H18N4O3S. The number of rotatable bonds is 5. The number of phenols is 2. The van der Waals surface area contributed by atoms with Gasteiger partial charge in [-0.3, -0.25) is 4.79 Å².